The number of hydrogen-bond acceptors (Lipinski definition) is 1. The normalized spacial score (nSPS) is 9.42. The lowest BCUT2D eigenvalue weighted by molar-refractivity contribution is 0.507. The smallest absolute Gasteiger partial charge is 0.159 e. The predicted molar refractivity (Wildman–Crippen MR) is 40.3 cm³/mol. The Labute approximate surface area is 69.2 Å². The van der Waals surface area contributed by atoms with Crippen LogP contribution >= 0.6 is 0 Å². The zero-order valence-electron chi connectivity index (χ0n) is 6.35. The van der Waals surface area contributed by atoms with Gasteiger partial charge in [0.05, 0.1) is 6.07 Å². The first-order valence-electron chi connectivity index (χ1n) is 3.55. The SMILES string of the molecule is N#CCCc1ccc(F)c(F)c1. The van der Waals surface area contributed by atoms with E-state index in [2.05, 4.69) is 0 Å². The van der Waals surface area contributed by atoms with E-state index < -0.39 is 11.6 Å². The molecule has 0 N–H and O–H groups in total. The van der Waals surface area contributed by atoms with Gasteiger partial charge in [0, 0.05) is 6.42 Å². The third-order valence-electron chi connectivity index (χ3n) is 1.51. The molecular formula is C9H7F2N. The van der Waals surface area contributed by atoms with Crippen molar-refractivity contribution in [3.05, 3.63) is 35.4 Å². The van der Waals surface area contributed by atoms with Crippen molar-refractivity contribution in [2.24, 2.45) is 0 Å². The van der Waals surface area contributed by atoms with Crippen LogP contribution in [0.1, 0.15) is 12.0 Å². The van der Waals surface area contributed by atoms with Crippen molar-refractivity contribution in [2.75, 3.05) is 0 Å². The highest BCUT2D eigenvalue weighted by Crippen LogP contribution is 2.09. The minimum Gasteiger partial charge on any atom is -0.204 e. The van der Waals surface area contributed by atoms with Crippen LogP contribution in [0.4, 0.5) is 8.78 Å². The molecule has 0 aliphatic rings. The Bertz CT molecular complexity index is 315. The fraction of sp³-hybridized carbons (Fsp3) is 0.222. The molecule has 0 radical (unpaired) electrons. The monoisotopic (exact) mass is 167 g/mol. The van der Waals surface area contributed by atoms with Crippen molar-refractivity contribution >= 4 is 0 Å². The molecule has 0 heterocycles. The molecule has 1 rings (SSSR count). The molecule has 3 heteroatoms. The summed E-state index contributed by atoms with van der Waals surface area (Å²) in [7, 11) is 0. The molecule has 0 spiro atoms. The molecule has 0 unspecified atom stereocenters. The first kappa shape index (κ1) is 8.66. The number of aryl methyl sites for hydroxylation is 1. The Morgan fingerprint density at radius 1 is 1.25 bits per heavy atom. The number of halogens is 2. The first-order valence-corrected chi connectivity index (χ1v) is 3.55. The maximum atomic E-state index is 12.5. The molecule has 12 heavy (non-hydrogen) atoms. The maximum absolute atomic E-state index is 12.5. The Morgan fingerprint density at radius 2 is 2.00 bits per heavy atom. The molecule has 0 atom stereocenters. The second-order valence-corrected chi connectivity index (χ2v) is 2.41. The van der Waals surface area contributed by atoms with Crippen LogP contribution in [-0.4, -0.2) is 0 Å². The Balaban J connectivity index is 2.77. The molecule has 1 aromatic carbocycles. The number of nitrogens with zero attached hydrogens (tertiary/aromatic N) is 1. The van der Waals surface area contributed by atoms with E-state index in [1.807, 2.05) is 6.07 Å². The fourth-order valence-corrected chi connectivity index (χ4v) is 0.895. The zero-order valence-corrected chi connectivity index (χ0v) is 6.35. The summed E-state index contributed by atoms with van der Waals surface area (Å²) < 4.78 is 24.9. The Morgan fingerprint density at radius 3 is 2.58 bits per heavy atom. The van der Waals surface area contributed by atoms with Gasteiger partial charge in [-0.15, -0.1) is 0 Å². The summed E-state index contributed by atoms with van der Waals surface area (Å²) in [5, 5.41) is 8.23. The van der Waals surface area contributed by atoms with Gasteiger partial charge in [-0.3, -0.25) is 0 Å². The van der Waals surface area contributed by atoms with E-state index in [4.69, 9.17) is 5.26 Å². The number of rotatable bonds is 2. The molecule has 1 aromatic rings. The third-order valence-corrected chi connectivity index (χ3v) is 1.51. The molecule has 0 aromatic heterocycles. The van der Waals surface area contributed by atoms with E-state index in [9.17, 15) is 8.78 Å². The minimum absolute atomic E-state index is 0.324. The molecule has 0 bridgehead atoms. The van der Waals surface area contributed by atoms with Crippen LogP contribution in [-0.2, 0) is 6.42 Å². The fourth-order valence-electron chi connectivity index (χ4n) is 0.895. The van der Waals surface area contributed by atoms with Crippen molar-refractivity contribution in [1.82, 2.24) is 0 Å². The van der Waals surface area contributed by atoms with Crippen molar-refractivity contribution in [3.63, 3.8) is 0 Å². The highest BCUT2D eigenvalue weighted by atomic mass is 19.2. The van der Waals surface area contributed by atoms with Crippen LogP contribution in [0.3, 0.4) is 0 Å². The summed E-state index contributed by atoms with van der Waals surface area (Å²) in [6.07, 6.45) is 0.790. The Hall–Kier alpha value is -1.43. The quantitative estimate of drug-likeness (QED) is 0.663. The van der Waals surface area contributed by atoms with Crippen molar-refractivity contribution in [2.45, 2.75) is 12.8 Å². The lowest BCUT2D eigenvalue weighted by Crippen LogP contribution is -1.88. The largest absolute Gasteiger partial charge is 0.204 e. The average molecular weight is 167 g/mol. The lowest BCUT2D eigenvalue weighted by atomic mass is 10.1. The van der Waals surface area contributed by atoms with Gasteiger partial charge in [-0.05, 0) is 24.1 Å². The van der Waals surface area contributed by atoms with Gasteiger partial charge in [0.15, 0.2) is 11.6 Å². The van der Waals surface area contributed by atoms with Gasteiger partial charge in [-0.25, -0.2) is 8.78 Å². The molecule has 0 amide bonds. The standard InChI is InChI=1S/C9H7F2N/c10-8-4-3-7(2-1-5-12)6-9(8)11/h3-4,6H,1-2H2. The van der Waals surface area contributed by atoms with Gasteiger partial charge in [0.25, 0.3) is 0 Å². The van der Waals surface area contributed by atoms with Gasteiger partial charge >= 0.3 is 0 Å². The molecular weight excluding hydrogens is 160 g/mol. The summed E-state index contributed by atoms with van der Waals surface area (Å²) in [5.41, 5.74) is 0.649. The van der Waals surface area contributed by atoms with Gasteiger partial charge in [-0.1, -0.05) is 6.07 Å². The lowest BCUT2D eigenvalue weighted by Gasteiger charge is -1.97. The summed E-state index contributed by atoms with van der Waals surface area (Å²) in [4.78, 5) is 0. The van der Waals surface area contributed by atoms with E-state index >= 15 is 0 Å². The van der Waals surface area contributed by atoms with Crippen LogP contribution < -0.4 is 0 Å². The molecule has 0 saturated heterocycles. The van der Waals surface area contributed by atoms with Gasteiger partial charge in [0.2, 0.25) is 0 Å². The molecule has 0 fully saturated rings. The van der Waals surface area contributed by atoms with Gasteiger partial charge in [0.1, 0.15) is 0 Å². The zero-order chi connectivity index (χ0) is 8.97. The van der Waals surface area contributed by atoms with E-state index in [1.165, 1.54) is 6.07 Å². The van der Waals surface area contributed by atoms with Gasteiger partial charge < -0.3 is 0 Å². The van der Waals surface area contributed by atoms with E-state index in [-0.39, 0.29) is 0 Å². The molecule has 62 valence electrons. The maximum Gasteiger partial charge on any atom is 0.159 e. The predicted octanol–water partition coefficient (Wildman–Crippen LogP) is 2.42. The van der Waals surface area contributed by atoms with Crippen LogP contribution in [0, 0.1) is 23.0 Å². The first-order chi connectivity index (χ1) is 5.74. The molecule has 0 aliphatic heterocycles. The van der Waals surface area contributed by atoms with Crippen molar-refractivity contribution in [1.29, 1.82) is 5.26 Å². The van der Waals surface area contributed by atoms with Crippen LogP contribution in [0.15, 0.2) is 18.2 Å². The van der Waals surface area contributed by atoms with E-state index in [0.717, 1.165) is 12.1 Å². The number of hydrogen-bond donors (Lipinski definition) is 0. The minimum atomic E-state index is -0.856. The molecule has 0 saturated carbocycles. The van der Waals surface area contributed by atoms with Crippen LogP contribution in [0.5, 0.6) is 0 Å². The number of benzene rings is 1. The molecule has 1 nitrogen and oxygen atoms in total. The summed E-state index contributed by atoms with van der Waals surface area (Å²) in [5.74, 6) is -1.71. The highest BCUT2D eigenvalue weighted by Gasteiger charge is 2.01. The number of nitriles is 1. The summed E-state index contributed by atoms with van der Waals surface area (Å²) in [6.45, 7) is 0. The highest BCUT2D eigenvalue weighted by molar-refractivity contribution is 5.18. The second kappa shape index (κ2) is 3.82. The van der Waals surface area contributed by atoms with Crippen LogP contribution in [0.2, 0.25) is 0 Å². The summed E-state index contributed by atoms with van der Waals surface area (Å²) in [6, 6.07) is 5.61. The van der Waals surface area contributed by atoms with Gasteiger partial charge in [-0.2, -0.15) is 5.26 Å². The summed E-state index contributed by atoms with van der Waals surface area (Å²) >= 11 is 0. The molecule has 0 aliphatic carbocycles. The van der Waals surface area contributed by atoms with E-state index in [1.54, 1.807) is 0 Å². The topological polar surface area (TPSA) is 23.8 Å². The van der Waals surface area contributed by atoms with Crippen LogP contribution in [0.25, 0.3) is 0 Å². The second-order valence-electron chi connectivity index (χ2n) is 2.41. The Kier molecular flexibility index (Phi) is 2.76. The third kappa shape index (κ3) is 2.03. The van der Waals surface area contributed by atoms with Crippen molar-refractivity contribution in [3.8, 4) is 6.07 Å². The average Bonchev–Trinajstić information content (AvgIpc) is 2.07. The van der Waals surface area contributed by atoms with Crippen molar-refractivity contribution < 1.29 is 8.78 Å². The van der Waals surface area contributed by atoms with E-state index in [0.29, 0.717) is 18.4 Å².